The molecule has 2 aliphatic rings. The molecule has 0 aliphatic heterocycles. The van der Waals surface area contributed by atoms with Gasteiger partial charge in [-0.15, -0.1) is 0 Å². The molecule has 1 atom stereocenters. The highest BCUT2D eigenvalue weighted by Crippen LogP contribution is 2.37. The first-order valence-electron chi connectivity index (χ1n) is 13.2. The molecule has 168 valence electrons. The van der Waals surface area contributed by atoms with E-state index in [2.05, 4.69) is 44.2 Å². The third-order valence-corrected chi connectivity index (χ3v) is 7.66. The lowest BCUT2D eigenvalue weighted by atomic mass is 9.76. The van der Waals surface area contributed by atoms with Gasteiger partial charge in [0.1, 0.15) is 5.75 Å². The van der Waals surface area contributed by atoms with E-state index in [9.17, 15) is 0 Å². The summed E-state index contributed by atoms with van der Waals surface area (Å²) in [5, 5.41) is 0. The molecule has 0 N–H and O–H groups in total. The number of aryl methyl sites for hydroxylation is 1. The Balaban J connectivity index is 1.30. The van der Waals surface area contributed by atoms with Crippen LogP contribution in [0.1, 0.15) is 109 Å². The largest absolute Gasteiger partial charge is 0.494 e. The summed E-state index contributed by atoms with van der Waals surface area (Å²) in [5.74, 6) is 4.07. The van der Waals surface area contributed by atoms with Crippen molar-refractivity contribution in [1.82, 2.24) is 0 Å². The Kier molecular flexibility index (Phi) is 10.3. The molecule has 1 unspecified atom stereocenters. The van der Waals surface area contributed by atoms with Gasteiger partial charge in [-0.1, -0.05) is 89.0 Å². The predicted molar refractivity (Wildman–Crippen MR) is 130 cm³/mol. The SMILES string of the molecule is CCCC[C@H]1CC[C@H](CCC2CC=C(CCc3ccc(OCCC)cc3)CC2)CC1. The van der Waals surface area contributed by atoms with Gasteiger partial charge in [0.2, 0.25) is 0 Å². The van der Waals surface area contributed by atoms with Crippen molar-refractivity contribution in [3.63, 3.8) is 0 Å². The highest BCUT2D eigenvalue weighted by Gasteiger charge is 2.22. The number of benzene rings is 1. The van der Waals surface area contributed by atoms with E-state index in [0.717, 1.165) is 36.5 Å². The minimum atomic E-state index is 0.813. The molecule has 3 rings (SSSR count). The van der Waals surface area contributed by atoms with Gasteiger partial charge in [-0.25, -0.2) is 0 Å². The van der Waals surface area contributed by atoms with Gasteiger partial charge in [-0.2, -0.15) is 0 Å². The summed E-state index contributed by atoms with van der Waals surface area (Å²) >= 11 is 0. The van der Waals surface area contributed by atoms with Crippen molar-refractivity contribution < 1.29 is 4.74 Å². The van der Waals surface area contributed by atoms with Crippen molar-refractivity contribution in [2.45, 2.75) is 110 Å². The Hall–Kier alpha value is -1.24. The van der Waals surface area contributed by atoms with Crippen LogP contribution in [0.15, 0.2) is 35.9 Å². The van der Waals surface area contributed by atoms with E-state index in [0.29, 0.717) is 0 Å². The number of allylic oxidation sites excluding steroid dienone is 2. The Bertz CT molecular complexity index is 606. The average molecular weight is 411 g/mol. The lowest BCUT2D eigenvalue weighted by Gasteiger charge is -2.30. The molecule has 0 radical (unpaired) electrons. The first-order valence-corrected chi connectivity index (χ1v) is 13.2. The lowest BCUT2D eigenvalue weighted by Crippen LogP contribution is -2.16. The quantitative estimate of drug-likeness (QED) is 0.312. The van der Waals surface area contributed by atoms with Crippen LogP contribution < -0.4 is 4.74 Å². The molecule has 1 fully saturated rings. The molecule has 1 aromatic carbocycles. The zero-order chi connectivity index (χ0) is 21.0. The van der Waals surface area contributed by atoms with E-state index in [1.807, 2.05) is 0 Å². The Morgan fingerprint density at radius 1 is 0.767 bits per heavy atom. The van der Waals surface area contributed by atoms with E-state index in [1.165, 1.54) is 95.5 Å². The third kappa shape index (κ3) is 8.12. The molecule has 2 aliphatic carbocycles. The van der Waals surface area contributed by atoms with Crippen LogP contribution in [0.5, 0.6) is 5.75 Å². The zero-order valence-corrected chi connectivity index (χ0v) is 19.8. The van der Waals surface area contributed by atoms with E-state index < -0.39 is 0 Å². The first-order chi connectivity index (χ1) is 14.8. The van der Waals surface area contributed by atoms with Gasteiger partial charge < -0.3 is 4.74 Å². The molecule has 0 amide bonds. The third-order valence-electron chi connectivity index (χ3n) is 7.66. The van der Waals surface area contributed by atoms with E-state index in [-0.39, 0.29) is 0 Å². The highest BCUT2D eigenvalue weighted by molar-refractivity contribution is 5.28. The van der Waals surface area contributed by atoms with E-state index in [1.54, 1.807) is 5.57 Å². The fourth-order valence-electron chi connectivity index (χ4n) is 5.48. The van der Waals surface area contributed by atoms with Gasteiger partial charge in [0, 0.05) is 0 Å². The molecule has 0 saturated heterocycles. The maximum Gasteiger partial charge on any atom is 0.119 e. The molecule has 0 bridgehead atoms. The molecular formula is C29H46O. The van der Waals surface area contributed by atoms with Crippen LogP contribution in [0.4, 0.5) is 0 Å². The minimum absolute atomic E-state index is 0.813. The van der Waals surface area contributed by atoms with Gasteiger partial charge in [0.25, 0.3) is 0 Å². The fourth-order valence-corrected chi connectivity index (χ4v) is 5.48. The van der Waals surface area contributed by atoms with E-state index in [4.69, 9.17) is 4.74 Å². The van der Waals surface area contributed by atoms with Crippen LogP contribution in [0.2, 0.25) is 0 Å². The summed E-state index contributed by atoms with van der Waals surface area (Å²) in [5.41, 5.74) is 3.14. The molecular weight excluding hydrogens is 364 g/mol. The zero-order valence-electron chi connectivity index (χ0n) is 19.8. The monoisotopic (exact) mass is 410 g/mol. The van der Waals surface area contributed by atoms with Gasteiger partial charge >= 0.3 is 0 Å². The van der Waals surface area contributed by atoms with Gasteiger partial charge in [0.05, 0.1) is 6.61 Å². The summed E-state index contributed by atoms with van der Waals surface area (Å²) in [6.07, 6.45) is 23.6. The minimum Gasteiger partial charge on any atom is -0.494 e. The molecule has 1 nitrogen and oxygen atoms in total. The second kappa shape index (κ2) is 13.2. The van der Waals surface area contributed by atoms with Gasteiger partial charge in [-0.3, -0.25) is 0 Å². The predicted octanol–water partition coefficient (Wildman–Crippen LogP) is 8.91. The van der Waals surface area contributed by atoms with Gasteiger partial charge in [-0.05, 0) is 80.4 Å². The number of hydrogen-bond acceptors (Lipinski definition) is 1. The molecule has 0 aromatic heterocycles. The van der Waals surface area contributed by atoms with Crippen molar-refractivity contribution in [3.05, 3.63) is 41.5 Å². The van der Waals surface area contributed by atoms with Crippen molar-refractivity contribution in [3.8, 4) is 5.75 Å². The van der Waals surface area contributed by atoms with E-state index >= 15 is 0 Å². The number of ether oxygens (including phenoxy) is 1. The summed E-state index contributed by atoms with van der Waals surface area (Å²) in [6, 6.07) is 8.75. The maximum atomic E-state index is 5.69. The maximum absolute atomic E-state index is 5.69. The van der Waals surface area contributed by atoms with Crippen LogP contribution in [-0.4, -0.2) is 6.61 Å². The molecule has 0 spiro atoms. The van der Waals surface area contributed by atoms with Crippen molar-refractivity contribution in [2.24, 2.45) is 17.8 Å². The number of hydrogen-bond donors (Lipinski definition) is 0. The van der Waals surface area contributed by atoms with Crippen molar-refractivity contribution in [2.75, 3.05) is 6.61 Å². The van der Waals surface area contributed by atoms with Gasteiger partial charge in [0.15, 0.2) is 0 Å². The summed E-state index contributed by atoms with van der Waals surface area (Å²) < 4.78 is 5.69. The van der Waals surface area contributed by atoms with Crippen LogP contribution in [0.25, 0.3) is 0 Å². The van der Waals surface area contributed by atoms with Crippen LogP contribution in [0.3, 0.4) is 0 Å². The second-order valence-corrected chi connectivity index (χ2v) is 10.1. The lowest BCUT2D eigenvalue weighted by molar-refractivity contribution is 0.235. The summed E-state index contributed by atoms with van der Waals surface area (Å²) in [6.45, 7) is 5.29. The smallest absolute Gasteiger partial charge is 0.119 e. The number of unbranched alkanes of at least 4 members (excludes halogenated alkanes) is 1. The van der Waals surface area contributed by atoms with Crippen molar-refractivity contribution >= 4 is 0 Å². The summed E-state index contributed by atoms with van der Waals surface area (Å²) in [4.78, 5) is 0. The standard InChI is InChI=1S/C29H46O/c1-3-5-6-24-7-9-25(10-8-24)11-12-26-13-15-27(16-14-26)17-18-28-19-21-29(22-20-28)30-23-4-2/h15,19-22,24-26H,3-14,16-18,23H2,1-2H3/t24-,25-,26?. The normalized spacial score (nSPS) is 24.5. The van der Waals surface area contributed by atoms with Crippen LogP contribution in [-0.2, 0) is 6.42 Å². The fraction of sp³-hybridized carbons (Fsp3) is 0.724. The molecule has 1 heteroatoms. The van der Waals surface area contributed by atoms with Crippen LogP contribution in [0, 0.1) is 17.8 Å². The van der Waals surface area contributed by atoms with Crippen LogP contribution >= 0.6 is 0 Å². The Labute approximate surface area is 186 Å². The second-order valence-electron chi connectivity index (χ2n) is 10.1. The molecule has 1 saturated carbocycles. The number of rotatable bonds is 12. The molecule has 1 aromatic rings. The van der Waals surface area contributed by atoms with Crippen molar-refractivity contribution in [1.29, 1.82) is 0 Å². The Morgan fingerprint density at radius 2 is 1.47 bits per heavy atom. The first kappa shape index (κ1) is 23.4. The highest BCUT2D eigenvalue weighted by atomic mass is 16.5. The molecule has 30 heavy (non-hydrogen) atoms. The molecule has 0 heterocycles. The average Bonchev–Trinajstić information content (AvgIpc) is 2.80. The Morgan fingerprint density at radius 3 is 2.10 bits per heavy atom. The topological polar surface area (TPSA) is 9.23 Å². The summed E-state index contributed by atoms with van der Waals surface area (Å²) in [7, 11) is 0.